The highest BCUT2D eigenvalue weighted by Crippen LogP contribution is 2.20. The van der Waals surface area contributed by atoms with Gasteiger partial charge in [0.2, 0.25) is 0 Å². The van der Waals surface area contributed by atoms with Crippen molar-refractivity contribution in [2.45, 2.75) is 13.0 Å². The summed E-state index contributed by atoms with van der Waals surface area (Å²) >= 11 is 0. The summed E-state index contributed by atoms with van der Waals surface area (Å²) in [7, 11) is 0. The van der Waals surface area contributed by atoms with E-state index < -0.39 is 29.3 Å². The SMILES string of the molecule is CC(O)c1cc(F)c(C(=O)O)cc1F. The van der Waals surface area contributed by atoms with E-state index in [4.69, 9.17) is 10.2 Å². The molecule has 3 nitrogen and oxygen atoms in total. The van der Waals surface area contributed by atoms with Gasteiger partial charge in [0.1, 0.15) is 11.6 Å². The van der Waals surface area contributed by atoms with Gasteiger partial charge >= 0.3 is 5.97 Å². The zero-order valence-electron chi connectivity index (χ0n) is 7.29. The Balaban J connectivity index is 3.31. The molecule has 76 valence electrons. The third-order valence-electron chi connectivity index (χ3n) is 1.77. The van der Waals surface area contributed by atoms with Gasteiger partial charge in [0, 0.05) is 5.56 Å². The topological polar surface area (TPSA) is 57.5 Å². The van der Waals surface area contributed by atoms with E-state index in [1.807, 2.05) is 0 Å². The Hall–Kier alpha value is -1.49. The highest BCUT2D eigenvalue weighted by Gasteiger charge is 2.17. The maximum atomic E-state index is 13.1. The number of carboxylic acids is 1. The molecular weight excluding hydrogens is 194 g/mol. The molecule has 0 amide bonds. The Morgan fingerprint density at radius 3 is 2.36 bits per heavy atom. The predicted molar refractivity (Wildman–Crippen MR) is 44.0 cm³/mol. The molecule has 14 heavy (non-hydrogen) atoms. The third-order valence-corrected chi connectivity index (χ3v) is 1.77. The van der Waals surface area contributed by atoms with Crippen LogP contribution in [0, 0.1) is 11.6 Å². The first kappa shape index (κ1) is 10.6. The molecule has 0 aliphatic heterocycles. The fourth-order valence-corrected chi connectivity index (χ4v) is 1.05. The molecule has 0 spiro atoms. The Morgan fingerprint density at radius 2 is 1.93 bits per heavy atom. The molecule has 0 radical (unpaired) electrons. The van der Waals surface area contributed by atoms with Gasteiger partial charge in [-0.3, -0.25) is 0 Å². The molecule has 1 aromatic rings. The largest absolute Gasteiger partial charge is 0.478 e. The van der Waals surface area contributed by atoms with Gasteiger partial charge in [0.05, 0.1) is 11.7 Å². The summed E-state index contributed by atoms with van der Waals surface area (Å²) in [5.74, 6) is -3.54. The first-order valence-corrected chi connectivity index (χ1v) is 3.83. The normalized spacial score (nSPS) is 12.6. The quantitative estimate of drug-likeness (QED) is 0.767. The van der Waals surface area contributed by atoms with E-state index in [-0.39, 0.29) is 5.56 Å². The third kappa shape index (κ3) is 1.88. The number of hydrogen-bond donors (Lipinski definition) is 2. The van der Waals surface area contributed by atoms with Crippen molar-refractivity contribution in [3.05, 3.63) is 34.9 Å². The van der Waals surface area contributed by atoms with Crippen molar-refractivity contribution in [3.63, 3.8) is 0 Å². The average Bonchev–Trinajstić information content (AvgIpc) is 2.07. The van der Waals surface area contributed by atoms with Gasteiger partial charge in [-0.25, -0.2) is 13.6 Å². The van der Waals surface area contributed by atoms with Crippen LogP contribution >= 0.6 is 0 Å². The molecule has 0 saturated carbocycles. The number of aliphatic hydroxyl groups excluding tert-OH is 1. The molecule has 0 fully saturated rings. The van der Waals surface area contributed by atoms with Crippen molar-refractivity contribution >= 4 is 5.97 Å². The average molecular weight is 202 g/mol. The molecule has 1 atom stereocenters. The molecule has 0 aliphatic carbocycles. The number of benzene rings is 1. The van der Waals surface area contributed by atoms with Crippen LogP contribution in [0.3, 0.4) is 0 Å². The number of halogens is 2. The number of hydrogen-bond acceptors (Lipinski definition) is 2. The number of aliphatic hydroxyl groups is 1. The van der Waals surface area contributed by atoms with Gasteiger partial charge in [0.15, 0.2) is 0 Å². The minimum atomic E-state index is -1.54. The zero-order chi connectivity index (χ0) is 10.9. The summed E-state index contributed by atoms with van der Waals surface area (Å²) in [6.07, 6.45) is -1.17. The van der Waals surface area contributed by atoms with Crippen LogP contribution in [-0.4, -0.2) is 16.2 Å². The van der Waals surface area contributed by atoms with Crippen molar-refractivity contribution in [3.8, 4) is 0 Å². The summed E-state index contributed by atoms with van der Waals surface area (Å²) in [5.41, 5.74) is -1.00. The lowest BCUT2D eigenvalue weighted by molar-refractivity contribution is 0.0690. The zero-order valence-corrected chi connectivity index (χ0v) is 7.29. The van der Waals surface area contributed by atoms with Gasteiger partial charge in [-0.2, -0.15) is 0 Å². The van der Waals surface area contributed by atoms with Crippen LogP contribution in [0.2, 0.25) is 0 Å². The molecule has 2 N–H and O–H groups in total. The van der Waals surface area contributed by atoms with E-state index in [1.54, 1.807) is 0 Å². The van der Waals surface area contributed by atoms with Crippen LogP contribution < -0.4 is 0 Å². The summed E-state index contributed by atoms with van der Waals surface area (Å²) in [6.45, 7) is 1.26. The van der Waals surface area contributed by atoms with Crippen molar-refractivity contribution in [1.82, 2.24) is 0 Å². The van der Waals surface area contributed by atoms with Crippen molar-refractivity contribution in [1.29, 1.82) is 0 Å². The summed E-state index contributed by atoms with van der Waals surface area (Å²) < 4.78 is 26.0. The van der Waals surface area contributed by atoms with Gasteiger partial charge < -0.3 is 10.2 Å². The van der Waals surface area contributed by atoms with E-state index in [1.165, 1.54) is 6.92 Å². The molecule has 1 unspecified atom stereocenters. The smallest absolute Gasteiger partial charge is 0.338 e. The van der Waals surface area contributed by atoms with Crippen molar-refractivity contribution in [2.24, 2.45) is 0 Å². The molecule has 5 heteroatoms. The second-order valence-electron chi connectivity index (χ2n) is 2.83. The molecule has 0 saturated heterocycles. The summed E-state index contributed by atoms with van der Waals surface area (Å²) in [6, 6.07) is 1.24. The summed E-state index contributed by atoms with van der Waals surface area (Å²) in [5, 5.41) is 17.5. The molecule has 1 rings (SSSR count). The van der Waals surface area contributed by atoms with Gasteiger partial charge in [-0.05, 0) is 19.1 Å². The maximum absolute atomic E-state index is 13.1. The lowest BCUT2D eigenvalue weighted by Gasteiger charge is -2.07. The maximum Gasteiger partial charge on any atom is 0.338 e. The predicted octanol–water partition coefficient (Wildman–Crippen LogP) is 1.72. The fraction of sp³-hybridized carbons (Fsp3) is 0.222. The number of rotatable bonds is 2. The second kappa shape index (κ2) is 3.71. The Labute approximate surface area is 78.6 Å². The van der Waals surface area contributed by atoms with Gasteiger partial charge in [0.25, 0.3) is 0 Å². The number of carboxylic acid groups (broad SMARTS) is 1. The van der Waals surface area contributed by atoms with Crippen LogP contribution in [0.15, 0.2) is 12.1 Å². The van der Waals surface area contributed by atoms with Crippen LogP contribution in [0.4, 0.5) is 8.78 Å². The van der Waals surface area contributed by atoms with Gasteiger partial charge in [-0.1, -0.05) is 0 Å². The Morgan fingerprint density at radius 1 is 1.36 bits per heavy atom. The molecule has 0 bridgehead atoms. The Bertz CT molecular complexity index is 375. The lowest BCUT2D eigenvalue weighted by Crippen LogP contribution is -2.05. The first-order valence-electron chi connectivity index (χ1n) is 3.83. The fourth-order valence-electron chi connectivity index (χ4n) is 1.05. The Kier molecular flexibility index (Phi) is 2.81. The molecule has 0 aromatic heterocycles. The minimum Gasteiger partial charge on any atom is -0.478 e. The molecule has 0 heterocycles. The van der Waals surface area contributed by atoms with Crippen molar-refractivity contribution in [2.75, 3.05) is 0 Å². The second-order valence-corrected chi connectivity index (χ2v) is 2.83. The van der Waals surface area contributed by atoms with E-state index in [0.29, 0.717) is 12.1 Å². The van der Waals surface area contributed by atoms with E-state index in [0.717, 1.165) is 0 Å². The van der Waals surface area contributed by atoms with Gasteiger partial charge in [-0.15, -0.1) is 0 Å². The minimum absolute atomic E-state index is 0.257. The molecular formula is C9H8F2O3. The molecule has 1 aromatic carbocycles. The van der Waals surface area contributed by atoms with Crippen LogP contribution in [-0.2, 0) is 0 Å². The van der Waals surface area contributed by atoms with Crippen LogP contribution in [0.25, 0.3) is 0 Å². The van der Waals surface area contributed by atoms with Crippen LogP contribution in [0.1, 0.15) is 28.9 Å². The highest BCUT2D eigenvalue weighted by atomic mass is 19.1. The monoisotopic (exact) mass is 202 g/mol. The highest BCUT2D eigenvalue weighted by molar-refractivity contribution is 5.88. The lowest BCUT2D eigenvalue weighted by atomic mass is 10.1. The number of carbonyl (C=O) groups is 1. The molecule has 0 aliphatic rings. The summed E-state index contributed by atoms with van der Waals surface area (Å²) in [4.78, 5) is 10.4. The van der Waals surface area contributed by atoms with E-state index in [2.05, 4.69) is 0 Å². The van der Waals surface area contributed by atoms with E-state index in [9.17, 15) is 13.6 Å². The van der Waals surface area contributed by atoms with Crippen LogP contribution in [0.5, 0.6) is 0 Å². The standard InChI is InChI=1S/C9H8F2O3/c1-4(12)5-2-8(11)6(9(13)14)3-7(5)10/h2-4,12H,1H3,(H,13,14). The number of aromatic carboxylic acids is 1. The van der Waals surface area contributed by atoms with E-state index >= 15 is 0 Å². The first-order chi connectivity index (χ1) is 6.43. The van der Waals surface area contributed by atoms with Crippen molar-refractivity contribution < 1.29 is 23.8 Å².